The van der Waals surface area contributed by atoms with Gasteiger partial charge in [-0.1, -0.05) is 41.4 Å². The molecule has 1 N–H and O–H groups in total. The van der Waals surface area contributed by atoms with E-state index in [2.05, 4.69) is 10.2 Å². The van der Waals surface area contributed by atoms with Crippen molar-refractivity contribution in [1.29, 1.82) is 0 Å². The number of hydrogen-bond donors (Lipinski definition) is 1. The number of ether oxygens (including phenoxy) is 1. The molecule has 0 aliphatic carbocycles. The van der Waals surface area contributed by atoms with Crippen LogP contribution in [0.25, 0.3) is 0 Å². The Labute approximate surface area is 164 Å². The highest BCUT2D eigenvalue weighted by molar-refractivity contribution is 6.31. The molecule has 138 valence electrons. The second-order valence-electron chi connectivity index (χ2n) is 6.50. The first-order chi connectivity index (χ1) is 12.6. The predicted octanol–water partition coefficient (Wildman–Crippen LogP) is 4.85. The Morgan fingerprint density at radius 3 is 2.85 bits per heavy atom. The molecule has 26 heavy (non-hydrogen) atoms. The Balaban J connectivity index is 1.65. The SMILES string of the molecule is COc1ccc(Cl)cc1NC(=O)[C@H]1CCCN(Cc2ccccc2Cl)C1. The molecule has 1 atom stereocenters. The monoisotopic (exact) mass is 392 g/mol. The maximum Gasteiger partial charge on any atom is 0.228 e. The maximum absolute atomic E-state index is 12.7. The summed E-state index contributed by atoms with van der Waals surface area (Å²) < 4.78 is 5.30. The summed E-state index contributed by atoms with van der Waals surface area (Å²) in [7, 11) is 1.57. The van der Waals surface area contributed by atoms with E-state index in [1.54, 1.807) is 25.3 Å². The molecule has 4 nitrogen and oxygen atoms in total. The molecule has 1 heterocycles. The number of halogens is 2. The molecule has 6 heteroatoms. The van der Waals surface area contributed by atoms with Crippen molar-refractivity contribution >= 4 is 34.8 Å². The minimum atomic E-state index is -0.0741. The summed E-state index contributed by atoms with van der Waals surface area (Å²) in [6.07, 6.45) is 1.85. The Morgan fingerprint density at radius 1 is 1.27 bits per heavy atom. The minimum Gasteiger partial charge on any atom is -0.495 e. The van der Waals surface area contributed by atoms with E-state index < -0.39 is 0 Å². The van der Waals surface area contributed by atoms with E-state index >= 15 is 0 Å². The zero-order chi connectivity index (χ0) is 18.5. The lowest BCUT2D eigenvalue weighted by atomic mass is 9.96. The van der Waals surface area contributed by atoms with Crippen LogP contribution in [-0.4, -0.2) is 31.0 Å². The molecule has 2 aromatic rings. The summed E-state index contributed by atoms with van der Waals surface area (Å²) >= 11 is 12.3. The van der Waals surface area contributed by atoms with Crippen molar-refractivity contribution in [3.63, 3.8) is 0 Å². The normalized spacial score (nSPS) is 17.7. The molecular formula is C20H22Cl2N2O2. The van der Waals surface area contributed by atoms with Gasteiger partial charge in [0.25, 0.3) is 0 Å². The molecular weight excluding hydrogens is 371 g/mol. The van der Waals surface area contributed by atoms with Crippen LogP contribution in [0.4, 0.5) is 5.69 Å². The number of piperidine rings is 1. The molecule has 1 saturated heterocycles. The van der Waals surface area contributed by atoms with Crippen molar-refractivity contribution in [2.75, 3.05) is 25.5 Å². The summed E-state index contributed by atoms with van der Waals surface area (Å²) in [6.45, 7) is 2.43. The Kier molecular flexibility index (Phi) is 6.41. The fourth-order valence-corrected chi connectivity index (χ4v) is 3.66. The second-order valence-corrected chi connectivity index (χ2v) is 7.34. The summed E-state index contributed by atoms with van der Waals surface area (Å²) in [5.74, 6) is 0.524. The standard InChI is InChI=1S/C20H22Cl2N2O2/c1-26-19-9-8-16(21)11-18(19)23-20(25)15-6-4-10-24(13-15)12-14-5-2-3-7-17(14)22/h2-3,5,7-9,11,15H,4,6,10,12-13H2,1H3,(H,23,25)/t15-/m0/s1. The molecule has 0 aromatic heterocycles. The van der Waals surface area contributed by atoms with Crippen LogP contribution >= 0.6 is 23.2 Å². The van der Waals surface area contributed by atoms with Crippen molar-refractivity contribution in [3.05, 3.63) is 58.1 Å². The largest absolute Gasteiger partial charge is 0.495 e. The lowest BCUT2D eigenvalue weighted by Gasteiger charge is -2.32. The van der Waals surface area contributed by atoms with Crippen LogP contribution < -0.4 is 10.1 Å². The van der Waals surface area contributed by atoms with Crippen molar-refractivity contribution in [1.82, 2.24) is 4.90 Å². The number of benzene rings is 2. The smallest absolute Gasteiger partial charge is 0.228 e. The van der Waals surface area contributed by atoms with Crippen LogP contribution in [0.2, 0.25) is 10.0 Å². The van der Waals surface area contributed by atoms with Crippen molar-refractivity contribution < 1.29 is 9.53 Å². The lowest BCUT2D eigenvalue weighted by molar-refractivity contribution is -0.121. The zero-order valence-corrected chi connectivity index (χ0v) is 16.2. The van der Waals surface area contributed by atoms with Gasteiger partial charge < -0.3 is 10.1 Å². The summed E-state index contributed by atoms with van der Waals surface area (Å²) in [5.41, 5.74) is 1.69. The number of anilines is 1. The fraction of sp³-hybridized carbons (Fsp3) is 0.350. The first kappa shape index (κ1) is 19.0. The molecule has 0 bridgehead atoms. The van der Waals surface area contributed by atoms with Gasteiger partial charge in [-0.05, 0) is 49.2 Å². The third kappa shape index (κ3) is 4.70. The van der Waals surface area contributed by atoms with Gasteiger partial charge in [-0.3, -0.25) is 9.69 Å². The van der Waals surface area contributed by atoms with Crippen molar-refractivity contribution in [2.24, 2.45) is 5.92 Å². The predicted molar refractivity (Wildman–Crippen MR) is 106 cm³/mol. The van der Waals surface area contributed by atoms with Crippen LogP contribution in [0.1, 0.15) is 18.4 Å². The Hall–Kier alpha value is -1.75. The molecule has 1 fully saturated rings. The third-order valence-electron chi connectivity index (χ3n) is 4.65. The minimum absolute atomic E-state index is 0.00516. The molecule has 0 radical (unpaired) electrons. The average Bonchev–Trinajstić information content (AvgIpc) is 2.64. The third-order valence-corrected chi connectivity index (χ3v) is 5.25. The number of amides is 1. The van der Waals surface area contributed by atoms with E-state index in [0.29, 0.717) is 23.0 Å². The molecule has 0 saturated carbocycles. The highest BCUT2D eigenvalue weighted by Gasteiger charge is 2.26. The van der Waals surface area contributed by atoms with Gasteiger partial charge in [-0.25, -0.2) is 0 Å². The summed E-state index contributed by atoms with van der Waals surface area (Å²) in [4.78, 5) is 15.0. The van der Waals surface area contributed by atoms with Crippen LogP contribution in [0.5, 0.6) is 5.75 Å². The van der Waals surface area contributed by atoms with E-state index in [1.165, 1.54) is 0 Å². The van der Waals surface area contributed by atoms with Crippen molar-refractivity contribution in [3.8, 4) is 5.75 Å². The number of likely N-dealkylation sites (tertiary alicyclic amines) is 1. The molecule has 0 unspecified atom stereocenters. The van der Waals surface area contributed by atoms with Gasteiger partial charge in [0.15, 0.2) is 0 Å². The first-order valence-corrected chi connectivity index (χ1v) is 9.42. The Morgan fingerprint density at radius 2 is 2.08 bits per heavy atom. The zero-order valence-electron chi connectivity index (χ0n) is 14.7. The van der Waals surface area contributed by atoms with Gasteiger partial charge in [-0.15, -0.1) is 0 Å². The topological polar surface area (TPSA) is 41.6 Å². The second kappa shape index (κ2) is 8.76. The van der Waals surface area contributed by atoms with Gasteiger partial charge in [0.05, 0.1) is 18.7 Å². The number of nitrogens with zero attached hydrogens (tertiary/aromatic N) is 1. The number of nitrogens with one attached hydrogen (secondary N) is 1. The number of carbonyl (C=O) groups is 1. The first-order valence-electron chi connectivity index (χ1n) is 8.67. The van der Waals surface area contributed by atoms with Gasteiger partial charge in [0.2, 0.25) is 5.91 Å². The van der Waals surface area contributed by atoms with E-state index in [9.17, 15) is 4.79 Å². The highest BCUT2D eigenvalue weighted by atomic mass is 35.5. The summed E-state index contributed by atoms with van der Waals surface area (Å²) in [6, 6.07) is 13.0. The molecule has 0 spiro atoms. The number of hydrogen-bond acceptors (Lipinski definition) is 3. The lowest BCUT2D eigenvalue weighted by Crippen LogP contribution is -2.40. The number of rotatable bonds is 5. The van der Waals surface area contributed by atoms with Gasteiger partial charge in [0, 0.05) is 23.1 Å². The van der Waals surface area contributed by atoms with E-state index in [4.69, 9.17) is 27.9 Å². The molecule has 1 aliphatic rings. The fourth-order valence-electron chi connectivity index (χ4n) is 3.29. The van der Waals surface area contributed by atoms with Gasteiger partial charge in [0.1, 0.15) is 5.75 Å². The number of methoxy groups -OCH3 is 1. The van der Waals surface area contributed by atoms with E-state index in [1.807, 2.05) is 24.3 Å². The molecule has 3 rings (SSSR count). The van der Waals surface area contributed by atoms with Crippen LogP contribution in [0.3, 0.4) is 0 Å². The molecule has 1 aliphatic heterocycles. The van der Waals surface area contributed by atoms with Gasteiger partial charge >= 0.3 is 0 Å². The molecule has 2 aromatic carbocycles. The summed E-state index contributed by atoms with van der Waals surface area (Å²) in [5, 5.41) is 4.29. The average molecular weight is 393 g/mol. The highest BCUT2D eigenvalue weighted by Crippen LogP contribution is 2.29. The van der Waals surface area contributed by atoms with Crippen LogP contribution in [0, 0.1) is 5.92 Å². The van der Waals surface area contributed by atoms with Crippen molar-refractivity contribution in [2.45, 2.75) is 19.4 Å². The van der Waals surface area contributed by atoms with Crippen LogP contribution in [-0.2, 0) is 11.3 Å². The van der Waals surface area contributed by atoms with Crippen LogP contribution in [0.15, 0.2) is 42.5 Å². The van der Waals surface area contributed by atoms with E-state index in [0.717, 1.165) is 36.5 Å². The van der Waals surface area contributed by atoms with E-state index in [-0.39, 0.29) is 11.8 Å². The molecule has 1 amide bonds. The maximum atomic E-state index is 12.7. The number of carbonyl (C=O) groups excluding carboxylic acids is 1. The Bertz CT molecular complexity index is 782. The quantitative estimate of drug-likeness (QED) is 0.790. The van der Waals surface area contributed by atoms with Gasteiger partial charge in [-0.2, -0.15) is 0 Å².